The van der Waals surface area contributed by atoms with Crippen LogP contribution in [0.25, 0.3) is 0 Å². The van der Waals surface area contributed by atoms with Crippen molar-refractivity contribution in [2.45, 2.75) is 13.0 Å². The topological polar surface area (TPSA) is 98.6 Å². The molecular weight excluding hydrogens is 264 g/mol. The number of rotatable bonds is 9. The molecule has 0 amide bonds. The number of hydrogen-bond acceptors (Lipinski definition) is 7. The van der Waals surface area contributed by atoms with E-state index in [0.29, 0.717) is 31.3 Å². The summed E-state index contributed by atoms with van der Waals surface area (Å²) >= 11 is 0. The van der Waals surface area contributed by atoms with E-state index in [1.165, 1.54) is 12.1 Å². The van der Waals surface area contributed by atoms with Gasteiger partial charge in [-0.3, -0.25) is 10.1 Å². The standard InChI is InChI=1S/C12H20N4O4/c1-4-13-11-5-9(16(17)18)6-12(15-11)14-7-10(20-3)8-19-2/h5-6,10H,4,7-8H2,1-3H3,(H2,13,14,15). The van der Waals surface area contributed by atoms with Crippen LogP contribution in [0, 0.1) is 10.1 Å². The van der Waals surface area contributed by atoms with Gasteiger partial charge in [-0.25, -0.2) is 4.98 Å². The number of methoxy groups -OCH3 is 2. The minimum absolute atomic E-state index is 0.0147. The molecule has 0 aromatic carbocycles. The van der Waals surface area contributed by atoms with Gasteiger partial charge in [0.25, 0.3) is 5.69 Å². The fourth-order valence-corrected chi connectivity index (χ4v) is 1.60. The SMILES string of the molecule is CCNc1cc([N+](=O)[O-])cc(NCC(COC)OC)n1. The van der Waals surface area contributed by atoms with Crippen molar-refractivity contribution in [2.24, 2.45) is 0 Å². The van der Waals surface area contributed by atoms with E-state index < -0.39 is 4.92 Å². The van der Waals surface area contributed by atoms with Crippen LogP contribution in [0.15, 0.2) is 12.1 Å². The molecule has 0 bridgehead atoms. The summed E-state index contributed by atoms with van der Waals surface area (Å²) in [5, 5.41) is 16.9. The fraction of sp³-hybridized carbons (Fsp3) is 0.583. The monoisotopic (exact) mass is 284 g/mol. The molecule has 1 unspecified atom stereocenters. The molecule has 8 heteroatoms. The van der Waals surface area contributed by atoms with E-state index >= 15 is 0 Å². The van der Waals surface area contributed by atoms with Gasteiger partial charge in [0.1, 0.15) is 11.6 Å². The molecule has 0 aliphatic heterocycles. The molecule has 0 aliphatic rings. The van der Waals surface area contributed by atoms with Gasteiger partial charge >= 0.3 is 0 Å². The first-order valence-corrected chi connectivity index (χ1v) is 6.26. The largest absolute Gasteiger partial charge is 0.382 e. The normalized spacial score (nSPS) is 11.9. The van der Waals surface area contributed by atoms with Gasteiger partial charge in [0, 0.05) is 27.3 Å². The number of aromatic nitrogens is 1. The van der Waals surface area contributed by atoms with Gasteiger partial charge in [-0.05, 0) is 6.92 Å². The number of pyridine rings is 1. The van der Waals surface area contributed by atoms with Crippen molar-refractivity contribution in [2.75, 3.05) is 44.5 Å². The van der Waals surface area contributed by atoms with Crippen LogP contribution in [0.2, 0.25) is 0 Å². The minimum atomic E-state index is -0.448. The van der Waals surface area contributed by atoms with Gasteiger partial charge in [0.05, 0.1) is 29.8 Å². The number of nitrogens with one attached hydrogen (secondary N) is 2. The molecule has 1 heterocycles. The molecule has 2 N–H and O–H groups in total. The first-order chi connectivity index (χ1) is 9.60. The summed E-state index contributed by atoms with van der Waals surface area (Å²) in [7, 11) is 3.16. The third kappa shape index (κ3) is 4.98. The highest BCUT2D eigenvalue weighted by Gasteiger charge is 2.12. The third-order valence-electron chi connectivity index (χ3n) is 2.58. The molecule has 0 saturated carbocycles. The lowest BCUT2D eigenvalue weighted by molar-refractivity contribution is -0.384. The number of anilines is 2. The molecule has 1 aromatic heterocycles. The van der Waals surface area contributed by atoms with Gasteiger partial charge in [-0.2, -0.15) is 0 Å². The summed E-state index contributed by atoms with van der Waals surface area (Å²) < 4.78 is 10.2. The van der Waals surface area contributed by atoms with Crippen molar-refractivity contribution in [1.29, 1.82) is 0 Å². The zero-order valence-corrected chi connectivity index (χ0v) is 11.9. The Morgan fingerprint density at radius 1 is 1.35 bits per heavy atom. The molecule has 0 aliphatic carbocycles. The molecule has 1 atom stereocenters. The zero-order valence-electron chi connectivity index (χ0n) is 11.9. The summed E-state index contributed by atoms with van der Waals surface area (Å²) in [4.78, 5) is 14.7. The molecule has 112 valence electrons. The lowest BCUT2D eigenvalue weighted by Gasteiger charge is -2.15. The van der Waals surface area contributed by atoms with Gasteiger partial charge in [0.2, 0.25) is 0 Å². The molecule has 1 aromatic rings. The smallest absolute Gasteiger partial charge is 0.276 e. The summed E-state index contributed by atoms with van der Waals surface area (Å²) in [6.45, 7) is 3.41. The van der Waals surface area contributed by atoms with Gasteiger partial charge in [0.15, 0.2) is 0 Å². The first-order valence-electron chi connectivity index (χ1n) is 6.26. The van der Waals surface area contributed by atoms with E-state index in [9.17, 15) is 10.1 Å². The van der Waals surface area contributed by atoms with Crippen LogP contribution >= 0.6 is 0 Å². The second kappa shape index (κ2) is 8.28. The van der Waals surface area contributed by atoms with Crippen molar-refractivity contribution in [3.8, 4) is 0 Å². The Morgan fingerprint density at radius 3 is 2.50 bits per heavy atom. The Morgan fingerprint density at radius 2 is 2.00 bits per heavy atom. The van der Waals surface area contributed by atoms with Crippen LogP contribution in [0.5, 0.6) is 0 Å². The van der Waals surface area contributed by atoms with Crippen molar-refractivity contribution in [3.63, 3.8) is 0 Å². The highest BCUT2D eigenvalue weighted by Crippen LogP contribution is 2.20. The predicted octanol–water partition coefficient (Wildman–Crippen LogP) is 1.49. The number of nitro groups is 1. The maximum atomic E-state index is 10.9. The van der Waals surface area contributed by atoms with Crippen LogP contribution in [-0.4, -0.2) is 49.9 Å². The van der Waals surface area contributed by atoms with Crippen LogP contribution in [0.4, 0.5) is 17.3 Å². The Bertz CT molecular complexity index is 441. The van der Waals surface area contributed by atoms with E-state index in [0.717, 1.165) is 0 Å². The second-order valence-electron chi connectivity index (χ2n) is 4.08. The highest BCUT2D eigenvalue weighted by molar-refractivity contribution is 5.54. The van der Waals surface area contributed by atoms with Gasteiger partial charge in [-0.15, -0.1) is 0 Å². The summed E-state index contributed by atoms with van der Waals surface area (Å²) in [6, 6.07) is 2.79. The second-order valence-corrected chi connectivity index (χ2v) is 4.08. The van der Waals surface area contributed by atoms with Crippen molar-refractivity contribution in [1.82, 2.24) is 4.98 Å². The van der Waals surface area contributed by atoms with E-state index in [1.807, 2.05) is 6.92 Å². The molecule has 0 spiro atoms. The molecule has 1 rings (SSSR count). The molecule has 0 fully saturated rings. The Hall–Kier alpha value is -1.93. The van der Waals surface area contributed by atoms with Crippen molar-refractivity contribution >= 4 is 17.3 Å². The number of nitrogens with zero attached hydrogens (tertiary/aromatic N) is 2. The molecule has 0 saturated heterocycles. The van der Waals surface area contributed by atoms with Crippen LogP contribution in [-0.2, 0) is 9.47 Å². The summed E-state index contributed by atoms with van der Waals surface area (Å²) in [5.41, 5.74) is -0.0147. The average molecular weight is 284 g/mol. The first kappa shape index (κ1) is 16.1. The minimum Gasteiger partial charge on any atom is -0.382 e. The molecular formula is C12H20N4O4. The summed E-state index contributed by atoms with van der Waals surface area (Å²) in [5.74, 6) is 0.887. The Labute approximate surface area is 117 Å². The maximum Gasteiger partial charge on any atom is 0.276 e. The number of hydrogen-bond donors (Lipinski definition) is 2. The number of ether oxygens (including phenoxy) is 2. The Balaban J connectivity index is 2.79. The lowest BCUT2D eigenvalue weighted by Crippen LogP contribution is -2.27. The van der Waals surface area contributed by atoms with Crippen molar-refractivity contribution in [3.05, 3.63) is 22.2 Å². The lowest BCUT2D eigenvalue weighted by atomic mass is 10.3. The molecule has 20 heavy (non-hydrogen) atoms. The van der Waals surface area contributed by atoms with E-state index in [-0.39, 0.29) is 11.8 Å². The van der Waals surface area contributed by atoms with E-state index in [4.69, 9.17) is 9.47 Å². The zero-order chi connectivity index (χ0) is 15.0. The molecule has 8 nitrogen and oxygen atoms in total. The fourth-order valence-electron chi connectivity index (χ4n) is 1.60. The average Bonchev–Trinajstić information content (AvgIpc) is 2.43. The highest BCUT2D eigenvalue weighted by atomic mass is 16.6. The van der Waals surface area contributed by atoms with Crippen molar-refractivity contribution < 1.29 is 14.4 Å². The van der Waals surface area contributed by atoms with Crippen LogP contribution in [0.1, 0.15) is 6.92 Å². The van der Waals surface area contributed by atoms with Crippen LogP contribution < -0.4 is 10.6 Å². The predicted molar refractivity (Wildman–Crippen MR) is 76.2 cm³/mol. The summed E-state index contributed by atoms with van der Waals surface area (Å²) in [6.07, 6.45) is -0.149. The quantitative estimate of drug-likeness (QED) is 0.523. The van der Waals surface area contributed by atoms with Crippen LogP contribution in [0.3, 0.4) is 0 Å². The maximum absolute atomic E-state index is 10.9. The Kier molecular flexibility index (Phi) is 6.68. The van der Waals surface area contributed by atoms with Gasteiger partial charge < -0.3 is 20.1 Å². The molecule has 0 radical (unpaired) electrons. The van der Waals surface area contributed by atoms with E-state index in [1.54, 1.807) is 14.2 Å². The van der Waals surface area contributed by atoms with E-state index in [2.05, 4.69) is 15.6 Å². The third-order valence-corrected chi connectivity index (χ3v) is 2.58. The van der Waals surface area contributed by atoms with Gasteiger partial charge in [-0.1, -0.05) is 0 Å².